The van der Waals surface area contributed by atoms with E-state index >= 15 is 0 Å². The predicted octanol–water partition coefficient (Wildman–Crippen LogP) is 6.55. The number of nitrogens with zero attached hydrogens (tertiary/aromatic N) is 3. The van der Waals surface area contributed by atoms with E-state index in [0.29, 0.717) is 41.4 Å². The number of halogens is 4. The van der Waals surface area contributed by atoms with Crippen molar-refractivity contribution in [3.63, 3.8) is 0 Å². The number of hydrogen-bond acceptors (Lipinski definition) is 6. The van der Waals surface area contributed by atoms with Crippen LogP contribution in [-0.2, 0) is 16.0 Å². The van der Waals surface area contributed by atoms with Gasteiger partial charge in [-0.05, 0) is 37.8 Å². The zero-order valence-electron chi connectivity index (χ0n) is 18.5. The molecule has 1 unspecified atom stereocenters. The molecule has 1 saturated carbocycles. The molecule has 1 aromatic carbocycles. The molecule has 0 saturated heterocycles. The number of Topliss-reactive ketones (excluding diaryl/α,β-unsaturated/α-hetero) is 1. The highest BCUT2D eigenvalue weighted by Gasteiger charge is 2.48. The number of allylic oxidation sites excluding steroid dienone is 3. The Labute approximate surface area is 208 Å². The number of aromatic nitrogens is 1. The first-order chi connectivity index (χ1) is 16.7. The van der Waals surface area contributed by atoms with Crippen LogP contribution in [0.15, 0.2) is 46.3 Å². The van der Waals surface area contributed by atoms with Crippen molar-refractivity contribution in [3.8, 4) is 16.6 Å². The van der Waals surface area contributed by atoms with Crippen LogP contribution >= 0.6 is 22.9 Å². The van der Waals surface area contributed by atoms with Crippen molar-refractivity contribution in [2.24, 2.45) is 16.8 Å². The molecule has 5 nitrogen and oxygen atoms in total. The van der Waals surface area contributed by atoms with Crippen LogP contribution in [0.1, 0.15) is 36.8 Å². The predicted molar refractivity (Wildman–Crippen MR) is 127 cm³/mol. The first-order valence-corrected chi connectivity index (χ1v) is 12.4. The minimum Gasteiger partial charge on any atom is -0.454 e. The van der Waals surface area contributed by atoms with Gasteiger partial charge in [-0.25, -0.2) is 4.98 Å². The summed E-state index contributed by atoms with van der Waals surface area (Å²) in [6.07, 6.45) is -1.57. The quantitative estimate of drug-likeness (QED) is 0.322. The van der Waals surface area contributed by atoms with Crippen molar-refractivity contribution in [1.29, 1.82) is 5.26 Å². The number of rotatable bonds is 6. The Bertz CT molecular complexity index is 1330. The van der Waals surface area contributed by atoms with Crippen LogP contribution in [0.3, 0.4) is 0 Å². The van der Waals surface area contributed by atoms with Crippen LogP contribution in [0.2, 0.25) is 5.02 Å². The van der Waals surface area contributed by atoms with E-state index in [1.54, 1.807) is 18.2 Å². The zero-order chi connectivity index (χ0) is 24.9. The first-order valence-electron chi connectivity index (χ1n) is 11.2. The number of carbonyl (C=O) groups is 1. The molecule has 3 atom stereocenters. The Morgan fingerprint density at radius 2 is 1.94 bits per heavy atom. The van der Waals surface area contributed by atoms with Crippen molar-refractivity contribution in [2.45, 2.75) is 44.8 Å². The maximum atomic E-state index is 14.1. The fourth-order valence-electron chi connectivity index (χ4n) is 4.68. The highest BCUT2D eigenvalue weighted by molar-refractivity contribution is 7.15. The molecule has 10 heteroatoms. The van der Waals surface area contributed by atoms with Gasteiger partial charge < -0.3 is 4.74 Å². The number of benzene rings is 1. The van der Waals surface area contributed by atoms with Crippen LogP contribution < -0.4 is 0 Å². The van der Waals surface area contributed by atoms with Gasteiger partial charge in [0.2, 0.25) is 5.76 Å². The van der Waals surface area contributed by atoms with E-state index in [4.69, 9.17) is 21.3 Å². The third-order valence-electron chi connectivity index (χ3n) is 6.44. The van der Waals surface area contributed by atoms with Gasteiger partial charge in [-0.15, -0.1) is 11.3 Å². The summed E-state index contributed by atoms with van der Waals surface area (Å²) in [6.45, 7) is 1.91. The lowest BCUT2D eigenvalue weighted by molar-refractivity contribution is -0.128. The van der Waals surface area contributed by atoms with Gasteiger partial charge in [-0.2, -0.15) is 18.4 Å². The number of aryl methyl sites for hydroxylation is 1. The summed E-state index contributed by atoms with van der Waals surface area (Å²) >= 11 is 7.38. The number of ether oxygens (including phenoxy) is 1. The van der Waals surface area contributed by atoms with Crippen molar-refractivity contribution in [1.82, 2.24) is 4.98 Å². The van der Waals surface area contributed by atoms with Gasteiger partial charge in [0.05, 0.1) is 11.3 Å². The third kappa shape index (κ3) is 4.41. The number of alkyl halides is 3. The van der Waals surface area contributed by atoms with Gasteiger partial charge in [-0.3, -0.25) is 9.79 Å². The number of fused-ring (bicyclic) bond motifs is 2. The summed E-state index contributed by atoms with van der Waals surface area (Å²) in [5, 5.41) is 10.6. The average molecular weight is 518 g/mol. The summed E-state index contributed by atoms with van der Waals surface area (Å²) in [5.74, 6) is -2.31. The van der Waals surface area contributed by atoms with Crippen molar-refractivity contribution >= 4 is 40.5 Å². The Hall–Kier alpha value is -2.96. The summed E-state index contributed by atoms with van der Waals surface area (Å²) in [5.41, 5.74) is 0.658. The fraction of sp³-hybridized carbons (Fsp3) is 0.360. The number of nitriles is 1. The molecular formula is C25H19ClF3N3O2S. The van der Waals surface area contributed by atoms with Gasteiger partial charge in [0, 0.05) is 33.5 Å². The van der Waals surface area contributed by atoms with Gasteiger partial charge in [0.1, 0.15) is 28.5 Å². The molecule has 35 heavy (non-hydrogen) atoms. The second kappa shape index (κ2) is 8.92. The van der Waals surface area contributed by atoms with E-state index in [2.05, 4.69) is 4.99 Å². The van der Waals surface area contributed by atoms with Gasteiger partial charge in [0.15, 0.2) is 5.78 Å². The SMILES string of the molecule is CCc1sc(-c2ccc(Cl)cc2)nc1C1=C(O/C(=C(\C#N)C2C=N2)C(F)(F)F)[C@@H]2CC[C@@H](C2)C1=O. The first kappa shape index (κ1) is 23.8. The molecule has 5 rings (SSSR count). The molecule has 180 valence electrons. The lowest BCUT2D eigenvalue weighted by Gasteiger charge is -2.27. The van der Waals surface area contributed by atoms with Gasteiger partial charge in [-0.1, -0.05) is 30.7 Å². The van der Waals surface area contributed by atoms with Crippen LogP contribution in [0.5, 0.6) is 0 Å². The molecular weight excluding hydrogens is 499 g/mol. The number of hydrogen-bond donors (Lipinski definition) is 0. The van der Waals surface area contributed by atoms with Crippen molar-refractivity contribution in [2.75, 3.05) is 0 Å². The number of aliphatic imine (C=N–C) groups is 1. The summed E-state index contributed by atoms with van der Waals surface area (Å²) in [4.78, 5) is 22.7. The smallest absolute Gasteiger partial charge is 0.450 e. The molecule has 1 fully saturated rings. The average Bonchev–Trinajstić information content (AvgIpc) is 3.41. The molecule has 2 aliphatic carbocycles. The van der Waals surface area contributed by atoms with Crippen LogP contribution in [0.25, 0.3) is 16.1 Å². The van der Waals surface area contributed by atoms with E-state index in [1.807, 2.05) is 19.1 Å². The molecule has 2 heterocycles. The molecule has 0 N–H and O–H groups in total. The van der Waals surface area contributed by atoms with Gasteiger partial charge >= 0.3 is 6.18 Å². The highest BCUT2D eigenvalue weighted by atomic mass is 35.5. The van der Waals surface area contributed by atoms with E-state index < -0.39 is 23.6 Å². The standard InChI is InChI=1S/C25H19ClF3N3O2S/c1-2-18-20(32-24(35-18)12-5-7-15(26)8-6-12)19-21(33)13-3-4-14(9-13)22(19)34-23(25(27,28)29)16(10-30)17-11-31-17/h5-8,11,13-14,17H,2-4,9H2,1H3/b23-16+/t13-,14+,17?/m0/s1. The molecule has 2 aromatic rings. The topological polar surface area (TPSA) is 75.3 Å². The van der Waals surface area contributed by atoms with Gasteiger partial charge in [0.25, 0.3) is 0 Å². The van der Waals surface area contributed by atoms with E-state index in [0.717, 1.165) is 10.4 Å². The maximum absolute atomic E-state index is 14.1. The van der Waals surface area contributed by atoms with E-state index in [1.165, 1.54) is 17.6 Å². The fourth-order valence-corrected chi connectivity index (χ4v) is 5.82. The monoisotopic (exact) mass is 517 g/mol. The second-order valence-corrected chi connectivity index (χ2v) is 10.2. The molecule has 0 amide bonds. The van der Waals surface area contributed by atoms with Crippen LogP contribution in [0.4, 0.5) is 13.2 Å². The molecule has 0 radical (unpaired) electrons. The minimum absolute atomic E-state index is 0.0351. The highest BCUT2D eigenvalue weighted by Crippen LogP contribution is 2.50. The van der Waals surface area contributed by atoms with Crippen molar-refractivity contribution in [3.05, 3.63) is 57.0 Å². The van der Waals surface area contributed by atoms with E-state index in [-0.39, 0.29) is 29.0 Å². The molecule has 3 aliphatic rings. The number of thiazole rings is 1. The summed E-state index contributed by atoms with van der Waals surface area (Å²) < 4.78 is 47.7. The Kier molecular flexibility index (Phi) is 6.06. The molecule has 1 aliphatic heterocycles. The normalized spacial score (nSPS) is 23.9. The maximum Gasteiger partial charge on any atom is 0.450 e. The Balaban J connectivity index is 1.67. The number of carbonyl (C=O) groups excluding carboxylic acids is 1. The second-order valence-electron chi connectivity index (χ2n) is 8.66. The lowest BCUT2D eigenvalue weighted by atomic mass is 9.84. The third-order valence-corrected chi connectivity index (χ3v) is 7.94. The molecule has 1 aromatic heterocycles. The van der Waals surface area contributed by atoms with Crippen molar-refractivity contribution < 1.29 is 22.7 Å². The molecule has 0 spiro atoms. The van der Waals surface area contributed by atoms with Crippen LogP contribution in [-0.4, -0.2) is 29.2 Å². The summed E-state index contributed by atoms with van der Waals surface area (Å²) in [7, 11) is 0. The summed E-state index contributed by atoms with van der Waals surface area (Å²) in [6, 6.07) is 7.73. The molecule has 2 bridgehead atoms. The van der Waals surface area contributed by atoms with Crippen LogP contribution in [0, 0.1) is 23.2 Å². The minimum atomic E-state index is -4.92. The zero-order valence-corrected chi connectivity index (χ0v) is 20.1. The van der Waals surface area contributed by atoms with E-state index in [9.17, 15) is 23.2 Å². The Morgan fingerprint density at radius 3 is 2.54 bits per heavy atom. The largest absolute Gasteiger partial charge is 0.454 e. The lowest BCUT2D eigenvalue weighted by Crippen LogP contribution is -2.26. The number of ketones is 1. The Morgan fingerprint density at radius 1 is 1.26 bits per heavy atom.